The lowest BCUT2D eigenvalue weighted by Gasteiger charge is -2.26. The summed E-state index contributed by atoms with van der Waals surface area (Å²) in [5.74, 6) is -5.71. The van der Waals surface area contributed by atoms with Gasteiger partial charge in [0.05, 0.1) is 12.5 Å². The summed E-state index contributed by atoms with van der Waals surface area (Å²) in [4.78, 5) is 77.2. The number of rotatable bonds is 15. The van der Waals surface area contributed by atoms with E-state index >= 15 is 0 Å². The highest BCUT2D eigenvalue weighted by Crippen LogP contribution is 2.11. The van der Waals surface area contributed by atoms with Crippen LogP contribution in [0.1, 0.15) is 37.5 Å². The molecule has 3 rings (SSSR count). The van der Waals surface area contributed by atoms with Crippen molar-refractivity contribution in [3.63, 3.8) is 0 Å². The van der Waals surface area contributed by atoms with E-state index in [4.69, 9.17) is 5.73 Å². The first kappa shape index (κ1) is 35.1. The Morgan fingerprint density at radius 3 is 1.85 bits per heavy atom. The molecule has 5 amide bonds. The highest BCUT2D eigenvalue weighted by Gasteiger charge is 2.34. The van der Waals surface area contributed by atoms with Crippen LogP contribution in [-0.4, -0.2) is 59.0 Å². The molecule has 0 fully saturated rings. The molecule has 11 nitrogen and oxygen atoms in total. The van der Waals surface area contributed by atoms with Gasteiger partial charge in [-0.2, -0.15) is 0 Å². The molecule has 0 aliphatic carbocycles. The number of carbonyl (C=O) groups is 6. The molecule has 0 bridgehead atoms. The van der Waals surface area contributed by atoms with E-state index < -0.39 is 64.8 Å². The monoisotopic (exact) mass is 631 g/mol. The van der Waals surface area contributed by atoms with Crippen molar-refractivity contribution in [3.8, 4) is 0 Å². The van der Waals surface area contributed by atoms with E-state index in [1.54, 1.807) is 66.7 Å². The second kappa shape index (κ2) is 16.1. The molecule has 0 saturated carbocycles. The minimum atomic E-state index is -1.44. The first-order valence-electron chi connectivity index (χ1n) is 14.6. The molecular formula is C34H38FN5O6. The molecule has 0 spiro atoms. The molecule has 6 N–H and O–H groups in total. The van der Waals surface area contributed by atoms with Crippen LogP contribution in [0.3, 0.4) is 0 Å². The van der Waals surface area contributed by atoms with Crippen molar-refractivity contribution in [1.82, 2.24) is 21.3 Å². The molecule has 12 heteroatoms. The SMILES string of the molecule is CC(NC(=O)[C@H](Cc1ccccc1F)NC(=O)Cc1ccccc1)C(=O)C(=O)N[C@@H](Cc1ccccc1)C(=O)NC(C)(C)C(N)=O. The Morgan fingerprint density at radius 1 is 0.717 bits per heavy atom. The molecule has 3 aromatic carbocycles. The van der Waals surface area contributed by atoms with Crippen LogP contribution in [0.25, 0.3) is 0 Å². The molecule has 0 aliphatic heterocycles. The van der Waals surface area contributed by atoms with Crippen molar-refractivity contribution >= 4 is 35.3 Å². The maximum atomic E-state index is 14.5. The summed E-state index contributed by atoms with van der Waals surface area (Å²) >= 11 is 0. The average molecular weight is 632 g/mol. The van der Waals surface area contributed by atoms with Crippen molar-refractivity contribution < 1.29 is 33.2 Å². The summed E-state index contributed by atoms with van der Waals surface area (Å²) in [6.45, 7) is 4.07. The Bertz CT molecular complexity index is 1560. The Hall–Kier alpha value is -5.39. The van der Waals surface area contributed by atoms with Crippen LogP contribution in [0, 0.1) is 5.82 Å². The van der Waals surface area contributed by atoms with Gasteiger partial charge in [-0.05, 0) is 43.5 Å². The lowest BCUT2D eigenvalue weighted by molar-refractivity contribution is -0.141. The zero-order chi connectivity index (χ0) is 33.9. The van der Waals surface area contributed by atoms with E-state index in [9.17, 15) is 33.2 Å². The first-order chi connectivity index (χ1) is 21.8. The topological polar surface area (TPSA) is 177 Å². The third kappa shape index (κ3) is 10.4. The normalized spacial score (nSPS) is 13.0. The summed E-state index contributed by atoms with van der Waals surface area (Å²) in [7, 11) is 0. The second-order valence-corrected chi connectivity index (χ2v) is 11.4. The Morgan fingerprint density at radius 2 is 1.26 bits per heavy atom. The maximum Gasteiger partial charge on any atom is 0.290 e. The van der Waals surface area contributed by atoms with Crippen molar-refractivity contribution in [2.75, 3.05) is 0 Å². The molecule has 1 unspecified atom stereocenters. The lowest BCUT2D eigenvalue weighted by atomic mass is 10.0. The van der Waals surface area contributed by atoms with Crippen LogP contribution >= 0.6 is 0 Å². The zero-order valence-electron chi connectivity index (χ0n) is 25.8. The maximum absolute atomic E-state index is 14.5. The summed E-state index contributed by atoms with van der Waals surface area (Å²) in [6.07, 6.45) is -0.281. The van der Waals surface area contributed by atoms with Crippen molar-refractivity contribution in [2.24, 2.45) is 5.73 Å². The van der Waals surface area contributed by atoms with Gasteiger partial charge in [-0.3, -0.25) is 28.8 Å². The molecular weight excluding hydrogens is 593 g/mol. The van der Waals surface area contributed by atoms with E-state index in [-0.39, 0.29) is 24.8 Å². The summed E-state index contributed by atoms with van der Waals surface area (Å²) in [5.41, 5.74) is 5.45. The van der Waals surface area contributed by atoms with E-state index in [0.29, 0.717) is 11.1 Å². The standard InChI is InChI=1S/C34H38FN5O6/c1-21(29(42)32(45)39-26(18-22-12-6-4-7-13-22)31(44)40-34(2,3)33(36)46)37-30(43)27(20-24-16-10-11-17-25(24)35)38-28(41)19-23-14-8-5-9-15-23/h4-17,21,26-27H,18-20H2,1-3H3,(H2,36,46)(H,37,43)(H,38,41)(H,39,45)(H,40,44)/t21?,26-,27-/m0/s1. The largest absolute Gasteiger partial charge is 0.368 e. The highest BCUT2D eigenvalue weighted by atomic mass is 19.1. The molecule has 3 aromatic rings. The Labute approximate surface area is 266 Å². The Kier molecular flexibility index (Phi) is 12.3. The van der Waals surface area contributed by atoms with Gasteiger partial charge < -0.3 is 27.0 Å². The van der Waals surface area contributed by atoms with Gasteiger partial charge in [-0.25, -0.2) is 4.39 Å². The van der Waals surface area contributed by atoms with Gasteiger partial charge in [0.1, 0.15) is 23.4 Å². The van der Waals surface area contributed by atoms with E-state index in [1.165, 1.54) is 39.0 Å². The van der Waals surface area contributed by atoms with Crippen LogP contribution in [0.4, 0.5) is 4.39 Å². The smallest absolute Gasteiger partial charge is 0.290 e. The number of hydrogen-bond acceptors (Lipinski definition) is 6. The number of amides is 5. The lowest BCUT2D eigenvalue weighted by Crippen LogP contribution is -2.60. The first-order valence-corrected chi connectivity index (χ1v) is 14.6. The van der Waals surface area contributed by atoms with Gasteiger partial charge in [0.2, 0.25) is 29.4 Å². The molecule has 0 aliphatic rings. The van der Waals surface area contributed by atoms with E-state index in [0.717, 1.165) is 0 Å². The number of primary amides is 1. The van der Waals surface area contributed by atoms with Crippen LogP contribution in [0.15, 0.2) is 84.9 Å². The predicted molar refractivity (Wildman–Crippen MR) is 168 cm³/mol. The second-order valence-electron chi connectivity index (χ2n) is 11.4. The van der Waals surface area contributed by atoms with Crippen LogP contribution < -0.4 is 27.0 Å². The quantitative estimate of drug-likeness (QED) is 0.158. The van der Waals surface area contributed by atoms with Gasteiger partial charge >= 0.3 is 0 Å². The highest BCUT2D eigenvalue weighted by molar-refractivity contribution is 6.38. The predicted octanol–water partition coefficient (Wildman–Crippen LogP) is 1.28. The number of carbonyl (C=O) groups excluding carboxylic acids is 6. The number of benzene rings is 3. The van der Waals surface area contributed by atoms with Crippen molar-refractivity contribution in [3.05, 3.63) is 107 Å². The van der Waals surface area contributed by atoms with Gasteiger partial charge in [0.15, 0.2) is 0 Å². The number of nitrogens with one attached hydrogen (secondary N) is 4. The van der Waals surface area contributed by atoms with Gasteiger partial charge in [-0.15, -0.1) is 0 Å². The fraction of sp³-hybridized carbons (Fsp3) is 0.294. The van der Waals surface area contributed by atoms with Gasteiger partial charge in [0.25, 0.3) is 5.91 Å². The Balaban J connectivity index is 1.73. The molecule has 46 heavy (non-hydrogen) atoms. The van der Waals surface area contributed by atoms with Crippen molar-refractivity contribution in [1.29, 1.82) is 0 Å². The average Bonchev–Trinajstić information content (AvgIpc) is 3.01. The molecule has 0 saturated heterocycles. The molecule has 242 valence electrons. The minimum absolute atomic E-state index is 0.0144. The summed E-state index contributed by atoms with van der Waals surface area (Å²) < 4.78 is 14.5. The third-order valence-electron chi connectivity index (χ3n) is 7.17. The van der Waals surface area contributed by atoms with Crippen LogP contribution in [-0.2, 0) is 48.0 Å². The number of nitrogens with two attached hydrogens (primary N) is 1. The fourth-order valence-electron chi connectivity index (χ4n) is 4.44. The molecule has 3 atom stereocenters. The van der Waals surface area contributed by atoms with E-state index in [1.807, 2.05) is 0 Å². The van der Waals surface area contributed by atoms with E-state index in [2.05, 4.69) is 21.3 Å². The molecule has 0 heterocycles. The summed E-state index contributed by atoms with van der Waals surface area (Å²) in [5, 5.41) is 9.90. The number of ketones is 1. The van der Waals surface area contributed by atoms with Gasteiger partial charge in [0, 0.05) is 12.8 Å². The van der Waals surface area contributed by atoms with Crippen LogP contribution in [0.5, 0.6) is 0 Å². The summed E-state index contributed by atoms with van der Waals surface area (Å²) in [6, 6.07) is 19.3. The molecule has 0 aromatic heterocycles. The number of hydrogen-bond donors (Lipinski definition) is 5. The third-order valence-corrected chi connectivity index (χ3v) is 7.17. The van der Waals surface area contributed by atoms with Crippen LogP contribution in [0.2, 0.25) is 0 Å². The zero-order valence-corrected chi connectivity index (χ0v) is 25.8. The number of halogens is 1. The van der Waals surface area contributed by atoms with Crippen molar-refractivity contribution in [2.45, 2.75) is 63.7 Å². The number of Topliss-reactive ketones (excluding diaryl/α,β-unsaturated/α-hetero) is 1. The fourth-order valence-corrected chi connectivity index (χ4v) is 4.44. The molecule has 0 radical (unpaired) electrons. The minimum Gasteiger partial charge on any atom is -0.368 e. The van der Waals surface area contributed by atoms with Gasteiger partial charge in [-0.1, -0.05) is 78.9 Å².